The van der Waals surface area contributed by atoms with Crippen LogP contribution in [0.2, 0.25) is 0 Å². The van der Waals surface area contributed by atoms with Crippen LogP contribution in [0.4, 0.5) is 4.39 Å². The van der Waals surface area contributed by atoms with Crippen LogP contribution >= 0.6 is 0 Å². The van der Waals surface area contributed by atoms with Crippen LogP contribution in [0.5, 0.6) is 0 Å². The molecular weight excluding hydrogens is 169 g/mol. The van der Waals surface area contributed by atoms with Gasteiger partial charge in [0, 0.05) is 12.6 Å². The summed E-state index contributed by atoms with van der Waals surface area (Å²) in [6.45, 7) is 0.0512. The van der Waals surface area contributed by atoms with Gasteiger partial charge in [0.1, 0.15) is 5.82 Å². The summed E-state index contributed by atoms with van der Waals surface area (Å²) in [7, 11) is 0. The molecule has 0 heterocycles. The van der Waals surface area contributed by atoms with Crippen molar-refractivity contribution < 1.29 is 9.50 Å². The van der Waals surface area contributed by atoms with Gasteiger partial charge in [-0.25, -0.2) is 4.39 Å². The van der Waals surface area contributed by atoms with Crippen LogP contribution < -0.4 is 5.73 Å². The van der Waals surface area contributed by atoms with E-state index >= 15 is 0 Å². The van der Waals surface area contributed by atoms with Crippen LogP contribution in [-0.4, -0.2) is 17.8 Å². The lowest BCUT2D eigenvalue weighted by atomic mass is 10.0. The van der Waals surface area contributed by atoms with Gasteiger partial charge in [-0.3, -0.25) is 0 Å². The van der Waals surface area contributed by atoms with Crippen molar-refractivity contribution in [2.24, 2.45) is 5.73 Å². The van der Waals surface area contributed by atoms with Crippen LogP contribution in [-0.2, 0) is 6.42 Å². The topological polar surface area (TPSA) is 46.2 Å². The minimum absolute atomic E-state index is 0.0512. The fourth-order valence-corrected chi connectivity index (χ4v) is 1.21. The zero-order chi connectivity index (χ0) is 9.68. The van der Waals surface area contributed by atoms with Crippen LogP contribution in [0.15, 0.2) is 24.3 Å². The zero-order valence-corrected chi connectivity index (χ0v) is 7.41. The fraction of sp³-hybridized carbons (Fsp3) is 0.400. The number of rotatable bonds is 4. The van der Waals surface area contributed by atoms with Crippen molar-refractivity contribution in [1.29, 1.82) is 0 Å². The minimum atomic E-state index is -0.226. The normalized spacial score (nSPS) is 12.8. The summed E-state index contributed by atoms with van der Waals surface area (Å²) >= 11 is 0. The first-order valence-electron chi connectivity index (χ1n) is 4.34. The molecule has 1 atom stereocenters. The first-order chi connectivity index (χ1) is 6.24. The number of halogens is 1. The molecule has 0 spiro atoms. The van der Waals surface area contributed by atoms with E-state index in [0.717, 1.165) is 0 Å². The third kappa shape index (κ3) is 3.13. The maximum Gasteiger partial charge on any atom is 0.126 e. The molecule has 0 fully saturated rings. The van der Waals surface area contributed by atoms with Gasteiger partial charge >= 0.3 is 0 Å². The van der Waals surface area contributed by atoms with Crippen molar-refractivity contribution in [1.82, 2.24) is 0 Å². The molecule has 0 aromatic heterocycles. The highest BCUT2D eigenvalue weighted by atomic mass is 19.1. The first-order valence-corrected chi connectivity index (χ1v) is 4.34. The van der Waals surface area contributed by atoms with Gasteiger partial charge in [0.2, 0.25) is 0 Å². The molecule has 0 saturated heterocycles. The van der Waals surface area contributed by atoms with E-state index in [2.05, 4.69) is 0 Å². The van der Waals surface area contributed by atoms with Crippen LogP contribution in [0.3, 0.4) is 0 Å². The first kappa shape index (κ1) is 10.2. The Morgan fingerprint density at radius 2 is 2.08 bits per heavy atom. The highest BCUT2D eigenvalue weighted by molar-refractivity contribution is 5.18. The highest BCUT2D eigenvalue weighted by Gasteiger charge is 2.06. The maximum absolute atomic E-state index is 13.1. The molecule has 3 heteroatoms. The Balaban J connectivity index is 2.58. The van der Waals surface area contributed by atoms with Crippen molar-refractivity contribution in [2.75, 3.05) is 6.61 Å². The average Bonchev–Trinajstić information content (AvgIpc) is 2.09. The standard InChI is InChI=1S/C10H14FNO/c11-10-4-2-1-3-8(10)7-9(12)5-6-13/h1-4,9,13H,5-7,12H2. The smallest absolute Gasteiger partial charge is 0.126 e. The Morgan fingerprint density at radius 1 is 1.38 bits per heavy atom. The molecule has 0 aliphatic heterocycles. The lowest BCUT2D eigenvalue weighted by Gasteiger charge is -2.09. The second-order valence-electron chi connectivity index (χ2n) is 3.07. The van der Waals surface area contributed by atoms with Crippen molar-refractivity contribution in [3.8, 4) is 0 Å². The Hall–Kier alpha value is -0.930. The molecule has 72 valence electrons. The van der Waals surface area contributed by atoms with Gasteiger partial charge in [-0.1, -0.05) is 18.2 Å². The molecule has 0 aliphatic rings. The number of nitrogens with two attached hydrogens (primary N) is 1. The van der Waals surface area contributed by atoms with Gasteiger partial charge in [0.25, 0.3) is 0 Å². The van der Waals surface area contributed by atoms with E-state index < -0.39 is 0 Å². The van der Waals surface area contributed by atoms with Crippen molar-refractivity contribution in [2.45, 2.75) is 18.9 Å². The Labute approximate surface area is 77.2 Å². The van der Waals surface area contributed by atoms with E-state index in [1.165, 1.54) is 6.07 Å². The number of hydrogen-bond donors (Lipinski definition) is 2. The minimum Gasteiger partial charge on any atom is -0.396 e. The van der Waals surface area contributed by atoms with E-state index in [4.69, 9.17) is 10.8 Å². The molecule has 1 unspecified atom stereocenters. The predicted molar refractivity (Wildman–Crippen MR) is 49.8 cm³/mol. The molecule has 1 aromatic carbocycles. The molecule has 1 aromatic rings. The summed E-state index contributed by atoms with van der Waals surface area (Å²) in [4.78, 5) is 0. The van der Waals surface area contributed by atoms with Gasteiger partial charge in [-0.05, 0) is 24.5 Å². The molecular formula is C10H14FNO. The van der Waals surface area contributed by atoms with Gasteiger partial charge in [0.05, 0.1) is 0 Å². The average molecular weight is 183 g/mol. The number of aliphatic hydroxyl groups excluding tert-OH is 1. The van der Waals surface area contributed by atoms with Crippen molar-refractivity contribution in [3.05, 3.63) is 35.6 Å². The molecule has 1 rings (SSSR count). The monoisotopic (exact) mass is 183 g/mol. The quantitative estimate of drug-likeness (QED) is 0.733. The molecule has 0 amide bonds. The lowest BCUT2D eigenvalue weighted by Crippen LogP contribution is -2.24. The van der Waals surface area contributed by atoms with Crippen LogP contribution in [0, 0.1) is 5.82 Å². The Kier molecular flexibility index (Phi) is 3.86. The molecule has 0 radical (unpaired) electrons. The summed E-state index contributed by atoms with van der Waals surface area (Å²) in [5.41, 5.74) is 6.27. The fourth-order valence-electron chi connectivity index (χ4n) is 1.21. The summed E-state index contributed by atoms with van der Waals surface area (Å²) < 4.78 is 13.1. The van der Waals surface area contributed by atoms with Crippen molar-refractivity contribution in [3.63, 3.8) is 0 Å². The molecule has 0 aliphatic carbocycles. The van der Waals surface area contributed by atoms with E-state index in [1.54, 1.807) is 18.2 Å². The summed E-state index contributed by atoms with van der Waals surface area (Å²) in [5, 5.41) is 8.61. The molecule has 0 saturated carbocycles. The second-order valence-corrected chi connectivity index (χ2v) is 3.07. The summed E-state index contributed by atoms with van der Waals surface area (Å²) in [5.74, 6) is -0.226. The van der Waals surface area contributed by atoms with Gasteiger partial charge in [-0.2, -0.15) is 0 Å². The largest absolute Gasteiger partial charge is 0.396 e. The number of hydrogen-bond acceptors (Lipinski definition) is 2. The van der Waals surface area contributed by atoms with Gasteiger partial charge < -0.3 is 10.8 Å². The Bertz CT molecular complexity index is 265. The van der Waals surface area contributed by atoms with Crippen LogP contribution in [0.25, 0.3) is 0 Å². The van der Waals surface area contributed by atoms with Crippen LogP contribution in [0.1, 0.15) is 12.0 Å². The second kappa shape index (κ2) is 4.94. The van der Waals surface area contributed by atoms with E-state index in [1.807, 2.05) is 0 Å². The number of benzene rings is 1. The third-order valence-corrected chi connectivity index (χ3v) is 1.94. The summed E-state index contributed by atoms with van der Waals surface area (Å²) in [6, 6.07) is 6.40. The zero-order valence-electron chi connectivity index (χ0n) is 7.41. The van der Waals surface area contributed by atoms with Crippen molar-refractivity contribution >= 4 is 0 Å². The molecule has 3 N–H and O–H groups in total. The van der Waals surface area contributed by atoms with E-state index in [0.29, 0.717) is 18.4 Å². The maximum atomic E-state index is 13.1. The highest BCUT2D eigenvalue weighted by Crippen LogP contribution is 2.09. The lowest BCUT2D eigenvalue weighted by molar-refractivity contribution is 0.275. The SMILES string of the molecule is NC(CCO)Cc1ccccc1F. The molecule has 13 heavy (non-hydrogen) atoms. The van der Waals surface area contributed by atoms with Gasteiger partial charge in [-0.15, -0.1) is 0 Å². The van der Waals surface area contributed by atoms with E-state index in [9.17, 15) is 4.39 Å². The Morgan fingerprint density at radius 3 is 2.69 bits per heavy atom. The molecule has 2 nitrogen and oxygen atoms in total. The third-order valence-electron chi connectivity index (χ3n) is 1.94. The van der Waals surface area contributed by atoms with E-state index in [-0.39, 0.29) is 18.5 Å². The summed E-state index contributed by atoms with van der Waals surface area (Å²) in [6.07, 6.45) is 0.988. The number of aliphatic hydroxyl groups is 1. The predicted octanol–water partition coefficient (Wildman–Crippen LogP) is 1.08. The molecule has 0 bridgehead atoms. The van der Waals surface area contributed by atoms with Gasteiger partial charge in [0.15, 0.2) is 0 Å².